The lowest BCUT2D eigenvalue weighted by atomic mass is 9.99. The number of carbonyl (C=O) groups is 1. The summed E-state index contributed by atoms with van der Waals surface area (Å²) in [6, 6.07) is 1.82. The van der Waals surface area contributed by atoms with E-state index in [1.807, 2.05) is 0 Å². The van der Waals surface area contributed by atoms with Crippen LogP contribution in [0.15, 0.2) is 16.9 Å². The molecule has 0 unspecified atom stereocenters. The third-order valence-corrected chi connectivity index (χ3v) is 3.78. The fourth-order valence-electron chi connectivity index (χ4n) is 2.63. The van der Waals surface area contributed by atoms with Crippen molar-refractivity contribution in [2.75, 3.05) is 0 Å². The fraction of sp³-hybridized carbons (Fsp3) is 0.714. The van der Waals surface area contributed by atoms with Gasteiger partial charge in [-0.15, -0.1) is 0 Å². The van der Waals surface area contributed by atoms with Crippen molar-refractivity contribution in [3.05, 3.63) is 18.0 Å². The molecule has 2 N–H and O–H groups in total. The van der Waals surface area contributed by atoms with Crippen LogP contribution in [0.1, 0.15) is 51.1 Å². The van der Waals surface area contributed by atoms with Crippen LogP contribution in [0, 0.1) is 5.92 Å². The summed E-state index contributed by atoms with van der Waals surface area (Å²) in [5.74, 6) is 0.877. The van der Waals surface area contributed by atoms with E-state index in [4.69, 9.17) is 4.52 Å². The molecule has 0 bridgehead atoms. The lowest BCUT2D eigenvalue weighted by molar-refractivity contribution is 0.235. The first kappa shape index (κ1) is 13.9. The van der Waals surface area contributed by atoms with E-state index in [0.717, 1.165) is 18.0 Å². The maximum atomic E-state index is 11.7. The van der Waals surface area contributed by atoms with Gasteiger partial charge < -0.3 is 15.2 Å². The molecular weight excluding hydrogens is 242 g/mol. The van der Waals surface area contributed by atoms with Crippen LogP contribution >= 0.6 is 0 Å². The van der Waals surface area contributed by atoms with Gasteiger partial charge in [0.2, 0.25) is 0 Å². The Labute approximate surface area is 114 Å². The highest BCUT2D eigenvalue weighted by atomic mass is 16.5. The van der Waals surface area contributed by atoms with Gasteiger partial charge >= 0.3 is 6.03 Å². The van der Waals surface area contributed by atoms with Gasteiger partial charge in [0.15, 0.2) is 0 Å². The molecular formula is C14H23N3O2. The summed E-state index contributed by atoms with van der Waals surface area (Å²) >= 11 is 0. The van der Waals surface area contributed by atoms with Crippen LogP contribution in [0.5, 0.6) is 0 Å². The Morgan fingerprint density at radius 1 is 1.53 bits per heavy atom. The van der Waals surface area contributed by atoms with Gasteiger partial charge in [-0.3, -0.25) is 0 Å². The van der Waals surface area contributed by atoms with Crippen LogP contribution in [-0.2, 0) is 6.54 Å². The normalized spacial score (nSPS) is 17.3. The zero-order valence-electron chi connectivity index (χ0n) is 11.5. The number of nitrogens with zero attached hydrogens (tertiary/aromatic N) is 1. The van der Waals surface area contributed by atoms with Gasteiger partial charge in [0.1, 0.15) is 12.0 Å². The molecule has 2 rings (SSSR count). The van der Waals surface area contributed by atoms with Crippen molar-refractivity contribution in [3.63, 3.8) is 0 Å². The van der Waals surface area contributed by atoms with Crippen molar-refractivity contribution in [2.45, 2.75) is 58.0 Å². The lowest BCUT2D eigenvalue weighted by Gasteiger charge is -2.16. The molecule has 1 aliphatic rings. The summed E-state index contributed by atoms with van der Waals surface area (Å²) in [6.07, 6.45) is 9.28. The van der Waals surface area contributed by atoms with E-state index in [9.17, 15) is 4.79 Å². The molecule has 0 aliphatic heterocycles. The first-order chi connectivity index (χ1) is 9.24. The Morgan fingerprint density at radius 2 is 2.32 bits per heavy atom. The minimum absolute atomic E-state index is 0.137. The van der Waals surface area contributed by atoms with E-state index in [1.54, 1.807) is 6.07 Å². The highest BCUT2D eigenvalue weighted by Crippen LogP contribution is 2.28. The average Bonchev–Trinajstić information content (AvgIpc) is 3.07. The van der Waals surface area contributed by atoms with Crippen LogP contribution < -0.4 is 10.6 Å². The molecule has 1 aromatic heterocycles. The summed E-state index contributed by atoms with van der Waals surface area (Å²) in [4.78, 5) is 11.7. The Kier molecular flexibility index (Phi) is 5.24. The number of urea groups is 1. The molecule has 1 fully saturated rings. The summed E-state index contributed by atoms with van der Waals surface area (Å²) in [5, 5.41) is 9.47. The van der Waals surface area contributed by atoms with E-state index >= 15 is 0 Å². The van der Waals surface area contributed by atoms with Crippen LogP contribution in [0.25, 0.3) is 0 Å². The molecule has 1 atom stereocenters. The van der Waals surface area contributed by atoms with Crippen molar-refractivity contribution in [2.24, 2.45) is 5.92 Å². The standard InChI is InChI=1S/C14H23N3O2/c1-11(6-7-12-4-2-3-5-12)16-14(18)15-10-13-8-9-19-17-13/h8-9,11-12H,2-7,10H2,1H3,(H2,15,16,18)/t11-/m1/s1. The van der Waals surface area contributed by atoms with E-state index in [1.165, 1.54) is 38.4 Å². The zero-order valence-corrected chi connectivity index (χ0v) is 11.5. The van der Waals surface area contributed by atoms with Crippen molar-refractivity contribution < 1.29 is 9.32 Å². The van der Waals surface area contributed by atoms with E-state index < -0.39 is 0 Å². The summed E-state index contributed by atoms with van der Waals surface area (Å²) in [7, 11) is 0. The van der Waals surface area contributed by atoms with Crippen LogP contribution in [0.4, 0.5) is 4.79 Å². The molecule has 1 aromatic rings. The molecule has 1 aliphatic carbocycles. The second-order valence-electron chi connectivity index (χ2n) is 5.45. The van der Waals surface area contributed by atoms with E-state index in [2.05, 4.69) is 22.7 Å². The summed E-state index contributed by atoms with van der Waals surface area (Å²) in [5.41, 5.74) is 0.730. The summed E-state index contributed by atoms with van der Waals surface area (Å²) in [6.45, 7) is 2.46. The van der Waals surface area contributed by atoms with Gasteiger partial charge in [-0.1, -0.05) is 30.8 Å². The first-order valence-corrected chi connectivity index (χ1v) is 7.17. The maximum Gasteiger partial charge on any atom is 0.315 e. The number of aromatic nitrogens is 1. The van der Waals surface area contributed by atoms with Crippen molar-refractivity contribution in [3.8, 4) is 0 Å². The van der Waals surface area contributed by atoms with Gasteiger partial charge in [0.05, 0.1) is 6.54 Å². The Balaban J connectivity index is 1.58. The molecule has 5 heteroatoms. The number of carbonyl (C=O) groups excluding carboxylic acids is 1. The summed E-state index contributed by atoms with van der Waals surface area (Å²) < 4.78 is 4.70. The molecule has 1 saturated carbocycles. The van der Waals surface area contributed by atoms with Crippen LogP contribution in [0.2, 0.25) is 0 Å². The molecule has 106 valence electrons. The number of nitrogens with one attached hydrogen (secondary N) is 2. The molecule has 19 heavy (non-hydrogen) atoms. The minimum Gasteiger partial charge on any atom is -0.364 e. The van der Waals surface area contributed by atoms with Crippen molar-refractivity contribution in [1.29, 1.82) is 0 Å². The second-order valence-corrected chi connectivity index (χ2v) is 5.45. The fourth-order valence-corrected chi connectivity index (χ4v) is 2.63. The predicted octanol–water partition coefficient (Wildman–Crippen LogP) is 2.83. The highest BCUT2D eigenvalue weighted by molar-refractivity contribution is 5.74. The molecule has 2 amide bonds. The van der Waals surface area contributed by atoms with Crippen molar-refractivity contribution in [1.82, 2.24) is 15.8 Å². The Hall–Kier alpha value is -1.52. The number of hydrogen-bond donors (Lipinski definition) is 2. The van der Waals surface area contributed by atoms with Gasteiger partial charge in [-0.25, -0.2) is 4.79 Å². The predicted molar refractivity (Wildman–Crippen MR) is 72.5 cm³/mol. The SMILES string of the molecule is C[C@H](CCC1CCCC1)NC(=O)NCc1ccon1. The van der Waals surface area contributed by atoms with Gasteiger partial charge in [-0.05, 0) is 25.7 Å². The van der Waals surface area contributed by atoms with Crippen LogP contribution in [-0.4, -0.2) is 17.2 Å². The van der Waals surface area contributed by atoms with Crippen molar-refractivity contribution >= 4 is 6.03 Å². The molecule has 0 radical (unpaired) electrons. The quantitative estimate of drug-likeness (QED) is 0.831. The maximum absolute atomic E-state index is 11.7. The molecule has 0 saturated heterocycles. The van der Waals surface area contributed by atoms with Crippen LogP contribution in [0.3, 0.4) is 0 Å². The molecule has 1 heterocycles. The third kappa shape index (κ3) is 4.93. The van der Waals surface area contributed by atoms with E-state index in [-0.39, 0.29) is 12.1 Å². The zero-order chi connectivity index (χ0) is 13.5. The molecule has 0 aromatic carbocycles. The number of amides is 2. The lowest BCUT2D eigenvalue weighted by Crippen LogP contribution is -2.40. The molecule has 0 spiro atoms. The number of hydrogen-bond acceptors (Lipinski definition) is 3. The topological polar surface area (TPSA) is 67.2 Å². The third-order valence-electron chi connectivity index (χ3n) is 3.78. The second kappa shape index (κ2) is 7.16. The average molecular weight is 265 g/mol. The smallest absolute Gasteiger partial charge is 0.315 e. The Bertz CT molecular complexity index is 372. The van der Waals surface area contributed by atoms with Gasteiger partial charge in [0, 0.05) is 12.1 Å². The largest absolute Gasteiger partial charge is 0.364 e. The Morgan fingerprint density at radius 3 is 3.00 bits per heavy atom. The minimum atomic E-state index is -0.137. The first-order valence-electron chi connectivity index (χ1n) is 7.17. The monoisotopic (exact) mass is 265 g/mol. The highest BCUT2D eigenvalue weighted by Gasteiger charge is 2.16. The van der Waals surface area contributed by atoms with E-state index in [0.29, 0.717) is 6.54 Å². The van der Waals surface area contributed by atoms with Gasteiger partial charge in [-0.2, -0.15) is 0 Å². The molecule has 5 nitrogen and oxygen atoms in total. The van der Waals surface area contributed by atoms with Gasteiger partial charge in [0.25, 0.3) is 0 Å². The number of rotatable bonds is 6.